The molecule has 8 heavy (non-hydrogen) atoms. The van der Waals surface area contributed by atoms with E-state index in [4.69, 9.17) is 11.5 Å². The average molecular weight is 116 g/mol. The Morgan fingerprint density at radius 3 is 2.88 bits per heavy atom. The molecule has 0 bridgehead atoms. The summed E-state index contributed by atoms with van der Waals surface area (Å²) in [5.41, 5.74) is 12.9. The third-order valence-corrected chi connectivity index (χ3v) is 0.492. The monoisotopic (exact) mass is 116 g/mol. The molecular formula is C4H12N4. The molecule has 1 unspecified atom stereocenters. The molecule has 48 valence electrons. The quantitative estimate of drug-likeness (QED) is 0.247. The van der Waals surface area contributed by atoms with Crippen molar-refractivity contribution in [2.45, 2.75) is 13.0 Å². The zero-order valence-corrected chi connectivity index (χ0v) is 4.96. The minimum Gasteiger partial charge on any atom is -0.323 e. The Bertz CT molecular complexity index is 68.4. The van der Waals surface area contributed by atoms with Crippen LogP contribution in [0.2, 0.25) is 0 Å². The van der Waals surface area contributed by atoms with Gasteiger partial charge >= 0.3 is 0 Å². The smallest absolute Gasteiger partial charge is 0.0798 e. The van der Waals surface area contributed by atoms with Gasteiger partial charge in [-0.2, -0.15) is 5.10 Å². The fourth-order valence-electron chi connectivity index (χ4n) is 0.223. The molecule has 1 atom stereocenters. The molecule has 0 aliphatic heterocycles. The Morgan fingerprint density at radius 2 is 2.50 bits per heavy atom. The lowest BCUT2D eigenvalue weighted by atomic mass is 10.4. The maximum absolute atomic E-state index is 5.30. The van der Waals surface area contributed by atoms with Crippen molar-refractivity contribution in [3.05, 3.63) is 0 Å². The van der Waals surface area contributed by atoms with Crippen LogP contribution in [0.5, 0.6) is 0 Å². The van der Waals surface area contributed by atoms with Crippen molar-refractivity contribution in [2.24, 2.45) is 16.6 Å². The molecule has 0 aliphatic rings. The van der Waals surface area contributed by atoms with Crippen LogP contribution in [-0.2, 0) is 0 Å². The average Bonchev–Trinajstić information content (AvgIpc) is 1.66. The van der Waals surface area contributed by atoms with Crippen LogP contribution >= 0.6 is 0 Å². The van der Waals surface area contributed by atoms with Crippen LogP contribution in [0.1, 0.15) is 6.92 Å². The van der Waals surface area contributed by atoms with E-state index in [1.54, 1.807) is 6.21 Å². The predicted molar refractivity (Wildman–Crippen MR) is 34.3 cm³/mol. The molecule has 4 heteroatoms. The lowest BCUT2D eigenvalue weighted by Gasteiger charge is -1.93. The molecule has 0 saturated heterocycles. The second-order valence-electron chi connectivity index (χ2n) is 1.50. The molecule has 0 spiro atoms. The van der Waals surface area contributed by atoms with Crippen LogP contribution in [0, 0.1) is 0 Å². The molecule has 0 saturated carbocycles. The molecule has 0 fully saturated rings. The number of nitrogens with zero attached hydrogens (tertiary/aromatic N) is 1. The largest absolute Gasteiger partial charge is 0.323 e. The minimum atomic E-state index is -0.00551. The second-order valence-corrected chi connectivity index (χ2v) is 1.50. The van der Waals surface area contributed by atoms with Crippen LogP contribution in [0.25, 0.3) is 0 Å². The summed E-state index contributed by atoms with van der Waals surface area (Å²) in [6.07, 6.45) is 1.59. The summed E-state index contributed by atoms with van der Waals surface area (Å²) >= 11 is 0. The highest BCUT2D eigenvalue weighted by Crippen LogP contribution is 1.63. The zero-order chi connectivity index (χ0) is 6.41. The standard InChI is InChI=1S/C4H12N4/c1-4(6)2-7-8-3-5/h2,4,8H,3,5-6H2,1H3/b7-2-. The molecule has 0 aromatic rings. The summed E-state index contributed by atoms with van der Waals surface area (Å²) in [5.74, 6) is 0. The Kier molecular flexibility index (Phi) is 4.20. The first-order valence-corrected chi connectivity index (χ1v) is 2.49. The van der Waals surface area contributed by atoms with Gasteiger partial charge in [-0.3, -0.25) is 5.43 Å². The number of hydrazone groups is 1. The van der Waals surface area contributed by atoms with Gasteiger partial charge in [0.25, 0.3) is 0 Å². The van der Waals surface area contributed by atoms with E-state index in [1.807, 2.05) is 6.92 Å². The van der Waals surface area contributed by atoms with Gasteiger partial charge in [-0.1, -0.05) is 0 Å². The van der Waals surface area contributed by atoms with E-state index in [0.29, 0.717) is 6.67 Å². The van der Waals surface area contributed by atoms with Crippen molar-refractivity contribution in [3.63, 3.8) is 0 Å². The third-order valence-electron chi connectivity index (χ3n) is 0.492. The van der Waals surface area contributed by atoms with Crippen molar-refractivity contribution in [1.29, 1.82) is 0 Å². The van der Waals surface area contributed by atoms with E-state index >= 15 is 0 Å². The number of nitrogens with one attached hydrogen (secondary N) is 1. The molecule has 5 N–H and O–H groups in total. The van der Waals surface area contributed by atoms with Gasteiger partial charge in [0.1, 0.15) is 0 Å². The molecule has 0 amide bonds. The van der Waals surface area contributed by atoms with Crippen LogP contribution in [-0.4, -0.2) is 18.9 Å². The van der Waals surface area contributed by atoms with Gasteiger partial charge in [-0.15, -0.1) is 0 Å². The topological polar surface area (TPSA) is 76.4 Å². The van der Waals surface area contributed by atoms with Gasteiger partial charge < -0.3 is 11.5 Å². The van der Waals surface area contributed by atoms with Crippen molar-refractivity contribution in [1.82, 2.24) is 5.43 Å². The van der Waals surface area contributed by atoms with Gasteiger partial charge in [0, 0.05) is 12.3 Å². The van der Waals surface area contributed by atoms with Gasteiger partial charge in [0.05, 0.1) is 6.67 Å². The van der Waals surface area contributed by atoms with Crippen LogP contribution in [0.4, 0.5) is 0 Å². The third kappa shape index (κ3) is 5.39. The molecule has 4 nitrogen and oxygen atoms in total. The summed E-state index contributed by atoms with van der Waals surface area (Å²) in [5, 5.41) is 3.66. The predicted octanol–water partition coefficient (Wildman–Crippen LogP) is -1.17. The van der Waals surface area contributed by atoms with Crippen molar-refractivity contribution in [3.8, 4) is 0 Å². The lowest BCUT2D eigenvalue weighted by Crippen LogP contribution is -2.21. The molecule has 0 radical (unpaired) electrons. The summed E-state index contributed by atoms with van der Waals surface area (Å²) in [6.45, 7) is 2.19. The first-order chi connectivity index (χ1) is 3.77. The van der Waals surface area contributed by atoms with E-state index in [0.717, 1.165) is 0 Å². The van der Waals surface area contributed by atoms with E-state index in [-0.39, 0.29) is 6.04 Å². The Morgan fingerprint density at radius 1 is 1.88 bits per heavy atom. The van der Waals surface area contributed by atoms with Gasteiger partial charge in [-0.25, -0.2) is 0 Å². The molecule has 0 aromatic carbocycles. The minimum absolute atomic E-state index is 0.00551. The Labute approximate surface area is 48.9 Å². The number of nitrogens with two attached hydrogens (primary N) is 2. The Hall–Kier alpha value is -0.610. The SMILES string of the molecule is CC(N)/C=N\NCN. The highest BCUT2D eigenvalue weighted by Gasteiger charge is 1.80. The molecule has 0 heterocycles. The van der Waals surface area contributed by atoms with E-state index in [1.165, 1.54) is 0 Å². The number of hydrogen-bond acceptors (Lipinski definition) is 4. The van der Waals surface area contributed by atoms with Gasteiger partial charge in [0.15, 0.2) is 0 Å². The molecule has 0 rings (SSSR count). The maximum atomic E-state index is 5.30. The normalized spacial score (nSPS) is 14.4. The van der Waals surface area contributed by atoms with Crippen molar-refractivity contribution >= 4 is 6.21 Å². The fraction of sp³-hybridized carbons (Fsp3) is 0.750. The second kappa shape index (κ2) is 4.55. The maximum Gasteiger partial charge on any atom is 0.0798 e. The van der Waals surface area contributed by atoms with E-state index in [2.05, 4.69) is 10.5 Å². The van der Waals surface area contributed by atoms with Crippen molar-refractivity contribution in [2.75, 3.05) is 6.67 Å². The molecular weight excluding hydrogens is 104 g/mol. The molecule has 0 aliphatic carbocycles. The molecule has 0 aromatic heterocycles. The van der Waals surface area contributed by atoms with Gasteiger partial charge in [-0.05, 0) is 6.92 Å². The highest BCUT2D eigenvalue weighted by molar-refractivity contribution is 5.62. The van der Waals surface area contributed by atoms with Gasteiger partial charge in [0.2, 0.25) is 0 Å². The summed E-state index contributed by atoms with van der Waals surface area (Å²) in [6, 6.07) is -0.00551. The Balaban J connectivity index is 3.07. The summed E-state index contributed by atoms with van der Waals surface area (Å²) < 4.78 is 0. The fourth-order valence-corrected chi connectivity index (χ4v) is 0.223. The highest BCUT2D eigenvalue weighted by atomic mass is 15.3. The van der Waals surface area contributed by atoms with Crippen LogP contribution in [0.15, 0.2) is 5.10 Å². The zero-order valence-electron chi connectivity index (χ0n) is 4.96. The summed E-state index contributed by atoms with van der Waals surface area (Å²) in [7, 11) is 0. The van der Waals surface area contributed by atoms with E-state index in [9.17, 15) is 0 Å². The van der Waals surface area contributed by atoms with E-state index < -0.39 is 0 Å². The summed E-state index contributed by atoms with van der Waals surface area (Å²) in [4.78, 5) is 0. The lowest BCUT2D eigenvalue weighted by molar-refractivity contribution is 0.757. The first kappa shape index (κ1) is 7.39. The number of rotatable bonds is 3. The van der Waals surface area contributed by atoms with Crippen LogP contribution < -0.4 is 16.9 Å². The van der Waals surface area contributed by atoms with Crippen molar-refractivity contribution < 1.29 is 0 Å². The van der Waals surface area contributed by atoms with Crippen LogP contribution in [0.3, 0.4) is 0 Å². The number of hydrogen-bond donors (Lipinski definition) is 3. The first-order valence-electron chi connectivity index (χ1n) is 2.49.